The maximum absolute atomic E-state index is 11.0. The van der Waals surface area contributed by atoms with Gasteiger partial charge in [-0.25, -0.2) is 9.67 Å². The van der Waals surface area contributed by atoms with Crippen molar-refractivity contribution in [2.75, 3.05) is 26.6 Å². The highest BCUT2D eigenvalue weighted by Gasteiger charge is 2.36. The highest BCUT2D eigenvalue weighted by atomic mass is 16.7. The van der Waals surface area contributed by atoms with Crippen molar-refractivity contribution in [2.24, 2.45) is 5.41 Å². The predicted octanol–water partition coefficient (Wildman–Crippen LogP) is 2.66. The molecule has 0 radical (unpaired) electrons. The highest BCUT2D eigenvalue weighted by Crippen LogP contribution is 2.33. The van der Waals surface area contributed by atoms with Crippen LogP contribution in [0.2, 0.25) is 0 Å². The normalized spacial score (nSPS) is 17.8. The van der Waals surface area contributed by atoms with Crippen LogP contribution in [0, 0.1) is 5.41 Å². The van der Waals surface area contributed by atoms with E-state index in [-0.39, 0.29) is 12.6 Å². The van der Waals surface area contributed by atoms with Gasteiger partial charge in [0.15, 0.2) is 0 Å². The Balaban J connectivity index is 1.91. The summed E-state index contributed by atoms with van der Waals surface area (Å²) in [6.45, 7) is 5.52. The largest absolute Gasteiger partial charge is 0.510 e. The molecule has 0 saturated carbocycles. The van der Waals surface area contributed by atoms with Crippen molar-refractivity contribution < 1.29 is 19.3 Å². The number of benzene rings is 1. The molecule has 1 aliphatic rings. The number of allylic oxidation sites excluding steroid dienone is 1. The molecule has 1 aromatic carbocycles. The summed E-state index contributed by atoms with van der Waals surface area (Å²) < 4.78 is 17.8. The van der Waals surface area contributed by atoms with Crippen molar-refractivity contribution >= 4 is 5.70 Å². The Morgan fingerprint density at radius 1 is 1.28 bits per heavy atom. The van der Waals surface area contributed by atoms with Crippen LogP contribution >= 0.6 is 0 Å². The third kappa shape index (κ3) is 4.00. The maximum atomic E-state index is 11.0. The Morgan fingerprint density at radius 2 is 2.00 bits per heavy atom. The molecule has 0 bridgehead atoms. The van der Waals surface area contributed by atoms with Crippen LogP contribution in [0.25, 0.3) is 5.70 Å². The molecule has 2 aromatic rings. The van der Waals surface area contributed by atoms with Gasteiger partial charge in [-0.15, -0.1) is 0 Å². The van der Waals surface area contributed by atoms with Crippen molar-refractivity contribution in [1.29, 1.82) is 0 Å². The summed E-state index contributed by atoms with van der Waals surface area (Å²) in [5.74, 6) is 1.02. The van der Waals surface area contributed by atoms with Gasteiger partial charge in [0, 0.05) is 6.42 Å². The predicted molar refractivity (Wildman–Crippen MR) is 92.1 cm³/mol. The first-order valence-corrected chi connectivity index (χ1v) is 8.27. The van der Waals surface area contributed by atoms with E-state index in [9.17, 15) is 5.11 Å². The molecule has 1 aliphatic heterocycles. The van der Waals surface area contributed by atoms with E-state index in [0.717, 1.165) is 11.3 Å². The Hall–Kier alpha value is -2.38. The first-order valence-electron chi connectivity index (χ1n) is 8.27. The third-order valence-corrected chi connectivity index (χ3v) is 4.15. The highest BCUT2D eigenvalue weighted by molar-refractivity contribution is 5.53. The van der Waals surface area contributed by atoms with Crippen LogP contribution in [0.3, 0.4) is 0 Å². The second-order valence-electron chi connectivity index (χ2n) is 6.26. The van der Waals surface area contributed by atoms with Crippen molar-refractivity contribution in [3.63, 3.8) is 0 Å². The zero-order valence-corrected chi connectivity index (χ0v) is 14.5. The zero-order chi connectivity index (χ0) is 17.7. The van der Waals surface area contributed by atoms with Crippen molar-refractivity contribution in [1.82, 2.24) is 14.8 Å². The number of aliphatic hydroxyl groups excluding tert-OH is 1. The van der Waals surface area contributed by atoms with Gasteiger partial charge in [-0.2, -0.15) is 5.10 Å². The monoisotopic (exact) mass is 345 g/mol. The van der Waals surface area contributed by atoms with Gasteiger partial charge in [0.2, 0.25) is 0 Å². The summed E-state index contributed by atoms with van der Waals surface area (Å²) >= 11 is 0. The molecule has 0 aliphatic carbocycles. The number of nitrogens with zero attached hydrogens (tertiary/aromatic N) is 3. The van der Waals surface area contributed by atoms with Gasteiger partial charge in [0.05, 0.1) is 30.9 Å². The van der Waals surface area contributed by atoms with Gasteiger partial charge in [-0.05, 0) is 31.5 Å². The van der Waals surface area contributed by atoms with E-state index in [4.69, 9.17) is 14.2 Å². The topological polar surface area (TPSA) is 78.6 Å². The second kappa shape index (κ2) is 7.67. The number of hydrogen-bond acceptors (Lipinski definition) is 6. The summed E-state index contributed by atoms with van der Waals surface area (Å²) in [6.07, 6.45) is 3.52. The smallest absolute Gasteiger partial charge is 0.146 e. The molecule has 7 nitrogen and oxygen atoms in total. The molecule has 134 valence electrons. The first-order chi connectivity index (χ1) is 12.1. The zero-order valence-electron chi connectivity index (χ0n) is 14.5. The Morgan fingerprint density at radius 3 is 2.60 bits per heavy atom. The molecule has 0 spiro atoms. The van der Waals surface area contributed by atoms with Crippen molar-refractivity contribution in [2.45, 2.75) is 20.3 Å². The number of ether oxygens (including phenoxy) is 3. The quantitative estimate of drug-likeness (QED) is 0.811. The molecule has 1 saturated heterocycles. The van der Waals surface area contributed by atoms with Crippen LogP contribution in [0.4, 0.5) is 0 Å². The van der Waals surface area contributed by atoms with Crippen LogP contribution in [-0.4, -0.2) is 46.5 Å². The van der Waals surface area contributed by atoms with Crippen LogP contribution in [0.15, 0.2) is 42.7 Å². The van der Waals surface area contributed by atoms with Gasteiger partial charge in [0.25, 0.3) is 0 Å². The van der Waals surface area contributed by atoms with E-state index in [2.05, 4.69) is 10.1 Å². The van der Waals surface area contributed by atoms with Crippen LogP contribution in [0.5, 0.6) is 5.75 Å². The van der Waals surface area contributed by atoms with Gasteiger partial charge in [0.1, 0.15) is 31.0 Å². The third-order valence-electron chi connectivity index (χ3n) is 4.15. The van der Waals surface area contributed by atoms with E-state index < -0.39 is 5.41 Å². The fourth-order valence-electron chi connectivity index (χ4n) is 2.80. The molecule has 7 heteroatoms. The minimum atomic E-state index is -0.620. The summed E-state index contributed by atoms with van der Waals surface area (Å²) in [6, 6.07) is 7.80. The SMILES string of the molecule is CCOc1ccc(CC(=C(O)C2(C)COCOC2)n2cncn2)cc1. The molecular formula is C18H23N3O4. The molecule has 0 atom stereocenters. The number of aromatic nitrogens is 3. The molecule has 0 amide bonds. The Kier molecular flexibility index (Phi) is 5.35. The van der Waals surface area contributed by atoms with E-state index in [1.165, 1.54) is 6.33 Å². The summed E-state index contributed by atoms with van der Waals surface area (Å²) in [5, 5.41) is 15.2. The molecule has 0 unspecified atom stereocenters. The summed E-state index contributed by atoms with van der Waals surface area (Å²) in [4.78, 5) is 4.00. The molecule has 25 heavy (non-hydrogen) atoms. The van der Waals surface area contributed by atoms with Gasteiger partial charge in [-0.3, -0.25) is 0 Å². The maximum Gasteiger partial charge on any atom is 0.146 e. The minimum Gasteiger partial charge on any atom is -0.510 e. The molecule has 1 N–H and O–H groups in total. The van der Waals surface area contributed by atoms with E-state index in [1.807, 2.05) is 38.1 Å². The fourth-order valence-corrected chi connectivity index (χ4v) is 2.80. The molecular weight excluding hydrogens is 322 g/mol. The number of rotatable bonds is 6. The van der Waals surface area contributed by atoms with Crippen molar-refractivity contribution in [3.05, 3.63) is 48.2 Å². The molecule has 2 heterocycles. The second-order valence-corrected chi connectivity index (χ2v) is 6.26. The van der Waals surface area contributed by atoms with Crippen LogP contribution < -0.4 is 4.74 Å². The van der Waals surface area contributed by atoms with Crippen molar-refractivity contribution in [3.8, 4) is 5.75 Å². The fraction of sp³-hybridized carbons (Fsp3) is 0.444. The van der Waals surface area contributed by atoms with E-state index in [1.54, 1.807) is 11.0 Å². The lowest BCUT2D eigenvalue weighted by Gasteiger charge is -2.33. The van der Waals surface area contributed by atoms with Gasteiger partial charge in [-0.1, -0.05) is 12.1 Å². The van der Waals surface area contributed by atoms with Gasteiger partial charge >= 0.3 is 0 Å². The molecule has 1 aromatic heterocycles. The average molecular weight is 345 g/mol. The van der Waals surface area contributed by atoms with Crippen LogP contribution in [0.1, 0.15) is 19.4 Å². The minimum absolute atomic E-state index is 0.201. The number of hydrogen-bond donors (Lipinski definition) is 1. The average Bonchev–Trinajstić information content (AvgIpc) is 3.16. The Bertz CT molecular complexity index is 704. The first kappa shape index (κ1) is 17.4. The Labute approximate surface area is 146 Å². The lowest BCUT2D eigenvalue weighted by Crippen LogP contribution is -2.37. The lowest BCUT2D eigenvalue weighted by molar-refractivity contribution is -0.155. The lowest BCUT2D eigenvalue weighted by atomic mass is 9.87. The molecule has 1 fully saturated rings. The van der Waals surface area contributed by atoms with E-state index in [0.29, 0.717) is 31.9 Å². The van der Waals surface area contributed by atoms with Gasteiger partial charge < -0.3 is 19.3 Å². The standard InChI is InChI=1S/C18H23N3O4/c1-3-25-15-6-4-14(5-7-15)8-16(21-12-19-11-20-21)17(22)18(2)9-23-13-24-10-18/h4-7,11-12,22H,3,8-10,13H2,1-2H3. The summed E-state index contributed by atoms with van der Waals surface area (Å²) in [7, 11) is 0. The van der Waals surface area contributed by atoms with Crippen LogP contribution in [-0.2, 0) is 15.9 Å². The number of aliphatic hydroxyl groups is 1. The van der Waals surface area contributed by atoms with E-state index >= 15 is 0 Å². The summed E-state index contributed by atoms with van der Waals surface area (Å²) in [5.41, 5.74) is 1.06. The molecule has 3 rings (SSSR count).